The van der Waals surface area contributed by atoms with Gasteiger partial charge in [-0.05, 0) is 24.1 Å². The molecular weight excluding hydrogens is 238 g/mol. The van der Waals surface area contributed by atoms with Crippen molar-refractivity contribution in [1.82, 2.24) is 4.98 Å². The lowest BCUT2D eigenvalue weighted by Crippen LogP contribution is -2.21. The van der Waals surface area contributed by atoms with Gasteiger partial charge in [-0.3, -0.25) is 0 Å². The maximum Gasteiger partial charge on any atom is 0.213 e. The van der Waals surface area contributed by atoms with Gasteiger partial charge in [0.1, 0.15) is 0 Å². The number of aromatic nitrogens is 1. The Hall–Kier alpha value is -2.23. The standard InChI is InChI=1S/C15H17N3O/c1-19-14-7-3-5-12(17-14)10-18-9-8-11-4-2-6-13(16)15(11)18/h2-7H,8-10,16H2,1H3. The highest BCUT2D eigenvalue weighted by Gasteiger charge is 2.21. The van der Waals surface area contributed by atoms with Crippen molar-refractivity contribution >= 4 is 11.4 Å². The molecule has 0 unspecified atom stereocenters. The third kappa shape index (κ3) is 2.21. The molecule has 1 aromatic carbocycles. The fourth-order valence-electron chi connectivity index (χ4n) is 2.58. The molecule has 1 aliphatic rings. The summed E-state index contributed by atoms with van der Waals surface area (Å²) < 4.78 is 5.16. The number of nitrogen functional groups attached to an aromatic ring is 1. The molecule has 0 radical (unpaired) electrons. The van der Waals surface area contributed by atoms with E-state index in [0.717, 1.165) is 36.6 Å². The fraction of sp³-hybridized carbons (Fsp3) is 0.267. The van der Waals surface area contributed by atoms with E-state index in [1.165, 1.54) is 5.56 Å². The van der Waals surface area contributed by atoms with Crippen LogP contribution in [0.25, 0.3) is 0 Å². The van der Waals surface area contributed by atoms with Crippen LogP contribution in [0.3, 0.4) is 0 Å². The summed E-state index contributed by atoms with van der Waals surface area (Å²) in [6, 6.07) is 11.9. The molecule has 0 spiro atoms. The second-order valence-electron chi connectivity index (χ2n) is 4.70. The first kappa shape index (κ1) is 11.8. The number of fused-ring (bicyclic) bond motifs is 1. The Labute approximate surface area is 112 Å². The predicted molar refractivity (Wildman–Crippen MR) is 76.4 cm³/mol. The number of rotatable bonds is 3. The van der Waals surface area contributed by atoms with E-state index in [4.69, 9.17) is 10.5 Å². The fourth-order valence-corrected chi connectivity index (χ4v) is 2.58. The number of hydrogen-bond acceptors (Lipinski definition) is 4. The van der Waals surface area contributed by atoms with Gasteiger partial charge in [-0.2, -0.15) is 0 Å². The molecule has 2 heterocycles. The summed E-state index contributed by atoms with van der Waals surface area (Å²) in [4.78, 5) is 6.74. The number of pyridine rings is 1. The summed E-state index contributed by atoms with van der Waals surface area (Å²) in [5, 5.41) is 0. The van der Waals surface area contributed by atoms with E-state index in [1.54, 1.807) is 7.11 Å². The Bertz CT molecular complexity index is 598. The number of nitrogens with two attached hydrogens (primary N) is 1. The molecule has 0 fully saturated rings. The van der Waals surface area contributed by atoms with Gasteiger partial charge in [-0.1, -0.05) is 18.2 Å². The highest BCUT2D eigenvalue weighted by atomic mass is 16.5. The first-order valence-electron chi connectivity index (χ1n) is 6.40. The molecule has 1 aliphatic heterocycles. The van der Waals surface area contributed by atoms with Gasteiger partial charge in [-0.25, -0.2) is 4.98 Å². The lowest BCUT2D eigenvalue weighted by Gasteiger charge is -2.20. The Kier molecular flexibility index (Phi) is 2.99. The van der Waals surface area contributed by atoms with Crippen LogP contribution in [0.5, 0.6) is 5.88 Å². The molecule has 0 saturated carbocycles. The molecule has 0 amide bonds. The molecular formula is C15H17N3O. The van der Waals surface area contributed by atoms with E-state index in [0.29, 0.717) is 5.88 Å². The normalized spacial score (nSPS) is 13.4. The van der Waals surface area contributed by atoms with Crippen LogP contribution in [0.15, 0.2) is 36.4 Å². The van der Waals surface area contributed by atoms with E-state index >= 15 is 0 Å². The third-order valence-electron chi connectivity index (χ3n) is 3.46. The molecule has 3 rings (SSSR count). The molecule has 2 aromatic rings. The highest BCUT2D eigenvalue weighted by molar-refractivity contribution is 5.74. The average molecular weight is 255 g/mol. The number of methoxy groups -OCH3 is 1. The van der Waals surface area contributed by atoms with Gasteiger partial charge in [0.2, 0.25) is 5.88 Å². The molecule has 0 aliphatic carbocycles. The van der Waals surface area contributed by atoms with E-state index in [9.17, 15) is 0 Å². The quantitative estimate of drug-likeness (QED) is 0.855. The van der Waals surface area contributed by atoms with Crippen LogP contribution in [0, 0.1) is 0 Å². The highest BCUT2D eigenvalue weighted by Crippen LogP contribution is 2.34. The summed E-state index contributed by atoms with van der Waals surface area (Å²) in [5.74, 6) is 0.651. The van der Waals surface area contributed by atoms with E-state index in [-0.39, 0.29) is 0 Å². The van der Waals surface area contributed by atoms with Crippen molar-refractivity contribution in [1.29, 1.82) is 0 Å². The Morgan fingerprint density at radius 1 is 1.26 bits per heavy atom. The zero-order valence-electron chi connectivity index (χ0n) is 11.0. The summed E-state index contributed by atoms with van der Waals surface area (Å²) in [6.07, 6.45) is 1.05. The van der Waals surface area contributed by atoms with Crippen molar-refractivity contribution in [3.63, 3.8) is 0 Å². The minimum atomic E-state index is 0.651. The van der Waals surface area contributed by atoms with Crippen molar-refractivity contribution < 1.29 is 4.74 Å². The number of nitrogens with zero attached hydrogens (tertiary/aromatic N) is 2. The van der Waals surface area contributed by atoms with E-state index in [2.05, 4.69) is 16.0 Å². The largest absolute Gasteiger partial charge is 0.481 e. The van der Waals surface area contributed by atoms with Gasteiger partial charge in [-0.15, -0.1) is 0 Å². The monoisotopic (exact) mass is 255 g/mol. The SMILES string of the molecule is COc1cccc(CN2CCc3cccc(N)c32)n1. The van der Waals surface area contributed by atoms with Crippen LogP contribution in [-0.2, 0) is 13.0 Å². The van der Waals surface area contributed by atoms with Crippen molar-refractivity contribution in [2.75, 3.05) is 24.3 Å². The van der Waals surface area contributed by atoms with Crippen molar-refractivity contribution in [2.24, 2.45) is 0 Å². The van der Waals surface area contributed by atoms with Gasteiger partial charge in [0.15, 0.2) is 0 Å². The third-order valence-corrected chi connectivity index (χ3v) is 3.46. The Morgan fingerprint density at radius 2 is 2.11 bits per heavy atom. The molecule has 0 bridgehead atoms. The second kappa shape index (κ2) is 4.80. The maximum absolute atomic E-state index is 6.09. The average Bonchev–Trinajstić information content (AvgIpc) is 2.84. The van der Waals surface area contributed by atoms with Gasteiger partial charge < -0.3 is 15.4 Å². The minimum absolute atomic E-state index is 0.651. The topological polar surface area (TPSA) is 51.4 Å². The summed E-state index contributed by atoms with van der Waals surface area (Å²) in [6.45, 7) is 1.75. The maximum atomic E-state index is 6.09. The zero-order chi connectivity index (χ0) is 13.2. The van der Waals surface area contributed by atoms with Crippen molar-refractivity contribution in [3.05, 3.63) is 47.7 Å². The van der Waals surface area contributed by atoms with Crippen LogP contribution < -0.4 is 15.4 Å². The summed E-state index contributed by atoms with van der Waals surface area (Å²) in [7, 11) is 1.63. The molecule has 1 aromatic heterocycles. The first-order chi connectivity index (χ1) is 9.28. The van der Waals surface area contributed by atoms with Gasteiger partial charge in [0, 0.05) is 12.6 Å². The van der Waals surface area contributed by atoms with Crippen molar-refractivity contribution in [2.45, 2.75) is 13.0 Å². The van der Waals surface area contributed by atoms with Gasteiger partial charge in [0.25, 0.3) is 0 Å². The molecule has 0 atom stereocenters. The number of ether oxygens (including phenoxy) is 1. The van der Waals surface area contributed by atoms with E-state index < -0.39 is 0 Å². The molecule has 2 N–H and O–H groups in total. The molecule has 4 nitrogen and oxygen atoms in total. The van der Waals surface area contributed by atoms with Crippen LogP contribution in [0.1, 0.15) is 11.3 Å². The lowest BCUT2D eigenvalue weighted by molar-refractivity contribution is 0.396. The van der Waals surface area contributed by atoms with Crippen LogP contribution in [0.2, 0.25) is 0 Å². The van der Waals surface area contributed by atoms with Gasteiger partial charge >= 0.3 is 0 Å². The van der Waals surface area contributed by atoms with Gasteiger partial charge in [0.05, 0.1) is 30.7 Å². The number of anilines is 2. The number of hydrogen-bond donors (Lipinski definition) is 1. The lowest BCUT2D eigenvalue weighted by atomic mass is 10.1. The minimum Gasteiger partial charge on any atom is -0.481 e. The van der Waals surface area contributed by atoms with E-state index in [1.807, 2.05) is 30.3 Å². The Morgan fingerprint density at radius 3 is 2.95 bits per heavy atom. The predicted octanol–water partition coefficient (Wildman–Crippen LogP) is 2.24. The molecule has 0 saturated heterocycles. The number of benzene rings is 1. The molecule has 98 valence electrons. The van der Waals surface area contributed by atoms with Crippen LogP contribution in [0.4, 0.5) is 11.4 Å². The number of para-hydroxylation sites is 1. The zero-order valence-corrected chi connectivity index (χ0v) is 11.0. The van der Waals surface area contributed by atoms with Crippen LogP contribution in [-0.4, -0.2) is 18.6 Å². The first-order valence-corrected chi connectivity index (χ1v) is 6.40. The smallest absolute Gasteiger partial charge is 0.213 e. The Balaban J connectivity index is 1.86. The summed E-state index contributed by atoms with van der Waals surface area (Å²) >= 11 is 0. The van der Waals surface area contributed by atoms with Crippen LogP contribution >= 0.6 is 0 Å². The van der Waals surface area contributed by atoms with Crippen molar-refractivity contribution in [3.8, 4) is 5.88 Å². The summed E-state index contributed by atoms with van der Waals surface area (Å²) in [5.41, 5.74) is 10.4. The molecule has 4 heteroatoms. The second-order valence-corrected chi connectivity index (χ2v) is 4.70. The molecule has 19 heavy (non-hydrogen) atoms.